The molecule has 1 saturated heterocycles. The molecule has 0 radical (unpaired) electrons. The molecule has 7 nitrogen and oxygen atoms in total. The zero-order valence-electron chi connectivity index (χ0n) is 15.0. The Bertz CT molecular complexity index is 1120. The van der Waals surface area contributed by atoms with Crippen molar-refractivity contribution in [1.82, 2.24) is 14.2 Å². The molecule has 0 unspecified atom stereocenters. The third kappa shape index (κ3) is 3.69. The van der Waals surface area contributed by atoms with Gasteiger partial charge in [0.2, 0.25) is 10.0 Å². The number of nitrogens with zero attached hydrogens (tertiary/aromatic N) is 2. The summed E-state index contributed by atoms with van der Waals surface area (Å²) in [7, 11) is -2.10. The fourth-order valence-corrected chi connectivity index (χ4v) is 4.76. The Hall–Kier alpha value is -2.42. The van der Waals surface area contributed by atoms with Gasteiger partial charge in [0, 0.05) is 38.8 Å². The number of hydrogen-bond acceptors (Lipinski definition) is 5. The molecule has 1 aliphatic heterocycles. The second-order valence-electron chi connectivity index (χ2n) is 6.88. The Morgan fingerprint density at radius 1 is 1.19 bits per heavy atom. The van der Waals surface area contributed by atoms with E-state index in [1.807, 2.05) is 18.2 Å². The Balaban J connectivity index is 1.46. The number of oxazole rings is 1. The Morgan fingerprint density at radius 3 is 2.74 bits per heavy atom. The van der Waals surface area contributed by atoms with Crippen LogP contribution in [-0.4, -0.2) is 37.0 Å². The molecule has 3 aromatic rings. The van der Waals surface area contributed by atoms with Gasteiger partial charge in [-0.3, -0.25) is 9.47 Å². The number of benzene rings is 2. The molecule has 0 saturated carbocycles. The van der Waals surface area contributed by atoms with E-state index >= 15 is 0 Å². The largest absolute Gasteiger partial charge is 0.419 e. The van der Waals surface area contributed by atoms with E-state index in [4.69, 9.17) is 4.42 Å². The van der Waals surface area contributed by atoms with E-state index in [1.165, 1.54) is 22.3 Å². The fraction of sp³-hybridized carbons (Fsp3) is 0.316. The van der Waals surface area contributed by atoms with Crippen LogP contribution in [0, 0.1) is 0 Å². The van der Waals surface area contributed by atoms with Gasteiger partial charge in [-0.1, -0.05) is 30.3 Å². The maximum absolute atomic E-state index is 12.7. The lowest BCUT2D eigenvalue weighted by molar-refractivity contribution is 0.324. The van der Waals surface area contributed by atoms with Crippen LogP contribution in [0.2, 0.25) is 0 Å². The molecule has 4 rings (SSSR count). The second kappa shape index (κ2) is 6.95. The summed E-state index contributed by atoms with van der Waals surface area (Å²) in [4.78, 5) is 13.9. The van der Waals surface area contributed by atoms with Gasteiger partial charge in [0.1, 0.15) is 0 Å². The zero-order valence-corrected chi connectivity index (χ0v) is 15.8. The number of likely N-dealkylation sites (tertiary alicyclic amines) is 1. The Kier molecular flexibility index (Phi) is 4.63. The molecular formula is C19H21N3O4S. The van der Waals surface area contributed by atoms with Crippen molar-refractivity contribution in [2.75, 3.05) is 13.1 Å². The summed E-state index contributed by atoms with van der Waals surface area (Å²) in [6.07, 6.45) is 0.759. The summed E-state index contributed by atoms with van der Waals surface area (Å²) in [6.45, 7) is 2.31. The second-order valence-corrected chi connectivity index (χ2v) is 8.60. The van der Waals surface area contributed by atoms with Crippen LogP contribution in [0.5, 0.6) is 0 Å². The highest BCUT2D eigenvalue weighted by molar-refractivity contribution is 7.89. The summed E-state index contributed by atoms with van der Waals surface area (Å²) in [5.74, 6) is -0.514. The molecule has 8 heteroatoms. The van der Waals surface area contributed by atoms with Crippen molar-refractivity contribution < 1.29 is 12.8 Å². The van der Waals surface area contributed by atoms with Crippen LogP contribution in [-0.2, 0) is 23.6 Å². The molecule has 0 bridgehead atoms. The van der Waals surface area contributed by atoms with E-state index in [-0.39, 0.29) is 16.5 Å². The highest BCUT2D eigenvalue weighted by Crippen LogP contribution is 2.20. The summed E-state index contributed by atoms with van der Waals surface area (Å²) < 4.78 is 34.7. The molecule has 1 fully saturated rings. The van der Waals surface area contributed by atoms with Crippen molar-refractivity contribution in [1.29, 1.82) is 0 Å². The molecule has 27 heavy (non-hydrogen) atoms. The molecule has 142 valence electrons. The number of sulfonamides is 1. The van der Waals surface area contributed by atoms with Crippen LogP contribution in [0.3, 0.4) is 0 Å². The van der Waals surface area contributed by atoms with Gasteiger partial charge < -0.3 is 4.42 Å². The monoisotopic (exact) mass is 387 g/mol. The maximum Gasteiger partial charge on any atom is 0.419 e. The average Bonchev–Trinajstić information content (AvgIpc) is 3.19. The lowest BCUT2D eigenvalue weighted by Crippen LogP contribution is -2.36. The molecular weight excluding hydrogens is 366 g/mol. The van der Waals surface area contributed by atoms with Gasteiger partial charge in [-0.25, -0.2) is 17.9 Å². The third-order valence-corrected chi connectivity index (χ3v) is 6.44. The van der Waals surface area contributed by atoms with Gasteiger partial charge in [-0.05, 0) is 24.1 Å². The first kappa shape index (κ1) is 18.0. The highest BCUT2D eigenvalue weighted by Gasteiger charge is 2.27. The van der Waals surface area contributed by atoms with Crippen LogP contribution in [0.1, 0.15) is 12.0 Å². The van der Waals surface area contributed by atoms with E-state index in [0.29, 0.717) is 12.1 Å². The zero-order chi connectivity index (χ0) is 19.0. The SMILES string of the molecule is Cn1c(=O)oc2cc(S(=O)(=O)N[C@@H]3CCN(Cc4ccccc4)C3)ccc21. The smallest absolute Gasteiger partial charge is 0.408 e. The minimum Gasteiger partial charge on any atom is -0.408 e. The first-order valence-corrected chi connectivity index (χ1v) is 10.3. The standard InChI is InChI=1S/C19H21N3O4S/c1-21-17-8-7-16(11-18(17)26-19(21)23)27(24,25)20-15-9-10-22(13-15)12-14-5-3-2-4-6-14/h2-8,11,15,20H,9-10,12-13H2,1H3/t15-/m1/s1. The predicted molar refractivity (Wildman–Crippen MR) is 102 cm³/mol. The van der Waals surface area contributed by atoms with Crippen LogP contribution >= 0.6 is 0 Å². The summed E-state index contributed by atoms with van der Waals surface area (Å²) >= 11 is 0. The summed E-state index contributed by atoms with van der Waals surface area (Å²) in [6, 6.07) is 14.5. The van der Waals surface area contributed by atoms with Gasteiger partial charge in [-0.15, -0.1) is 0 Å². The summed E-state index contributed by atoms with van der Waals surface area (Å²) in [5, 5.41) is 0. The number of fused-ring (bicyclic) bond motifs is 1. The molecule has 0 aliphatic carbocycles. The van der Waals surface area contributed by atoms with Gasteiger partial charge in [0.25, 0.3) is 0 Å². The Morgan fingerprint density at radius 2 is 1.96 bits per heavy atom. The quantitative estimate of drug-likeness (QED) is 0.720. The number of aromatic nitrogens is 1. The van der Waals surface area contributed by atoms with Crippen molar-refractivity contribution in [2.24, 2.45) is 7.05 Å². The van der Waals surface area contributed by atoms with Crippen molar-refractivity contribution in [3.8, 4) is 0 Å². The lowest BCUT2D eigenvalue weighted by atomic mass is 10.2. The first-order chi connectivity index (χ1) is 12.9. The molecule has 0 amide bonds. The van der Waals surface area contributed by atoms with Gasteiger partial charge in [-0.2, -0.15) is 0 Å². The van der Waals surface area contributed by atoms with E-state index < -0.39 is 15.8 Å². The molecule has 0 spiro atoms. The van der Waals surface area contributed by atoms with E-state index in [2.05, 4.69) is 21.8 Å². The van der Waals surface area contributed by atoms with Gasteiger partial charge in [0.05, 0.1) is 10.4 Å². The highest BCUT2D eigenvalue weighted by atomic mass is 32.2. The van der Waals surface area contributed by atoms with Gasteiger partial charge >= 0.3 is 5.76 Å². The first-order valence-electron chi connectivity index (χ1n) is 8.80. The van der Waals surface area contributed by atoms with E-state index in [1.54, 1.807) is 13.1 Å². The molecule has 2 heterocycles. The van der Waals surface area contributed by atoms with Crippen LogP contribution in [0.25, 0.3) is 11.1 Å². The lowest BCUT2D eigenvalue weighted by Gasteiger charge is -2.17. The molecule has 1 aliphatic rings. The number of nitrogens with one attached hydrogen (secondary N) is 1. The van der Waals surface area contributed by atoms with E-state index in [0.717, 1.165) is 19.5 Å². The van der Waals surface area contributed by atoms with Crippen LogP contribution in [0.15, 0.2) is 62.6 Å². The van der Waals surface area contributed by atoms with Crippen molar-refractivity contribution in [2.45, 2.75) is 23.9 Å². The molecule has 1 atom stereocenters. The molecule has 1 N–H and O–H groups in total. The Labute approximate surface area is 157 Å². The topological polar surface area (TPSA) is 84.5 Å². The minimum absolute atomic E-state index is 0.103. The van der Waals surface area contributed by atoms with Crippen molar-refractivity contribution >= 4 is 21.1 Å². The predicted octanol–water partition coefficient (Wildman–Crippen LogP) is 1.68. The molecule has 2 aromatic carbocycles. The molecule has 1 aromatic heterocycles. The van der Waals surface area contributed by atoms with Crippen molar-refractivity contribution in [3.63, 3.8) is 0 Å². The third-order valence-electron chi connectivity index (χ3n) is 4.92. The van der Waals surface area contributed by atoms with Crippen LogP contribution in [0.4, 0.5) is 0 Å². The van der Waals surface area contributed by atoms with Crippen molar-refractivity contribution in [3.05, 3.63) is 64.6 Å². The summed E-state index contributed by atoms with van der Waals surface area (Å²) in [5.41, 5.74) is 2.04. The maximum atomic E-state index is 12.7. The number of aryl methyl sites for hydroxylation is 1. The van der Waals surface area contributed by atoms with E-state index in [9.17, 15) is 13.2 Å². The number of rotatable bonds is 5. The van der Waals surface area contributed by atoms with Gasteiger partial charge in [0.15, 0.2) is 5.58 Å². The average molecular weight is 387 g/mol. The minimum atomic E-state index is -3.68. The fourth-order valence-electron chi connectivity index (χ4n) is 3.48. The normalized spacial score (nSPS) is 18.3. The van der Waals surface area contributed by atoms with Crippen LogP contribution < -0.4 is 10.5 Å². The number of hydrogen-bond donors (Lipinski definition) is 1.